The van der Waals surface area contributed by atoms with E-state index in [2.05, 4.69) is 0 Å². The van der Waals surface area contributed by atoms with Gasteiger partial charge in [-0.05, 0) is 38.0 Å². The van der Waals surface area contributed by atoms with Crippen molar-refractivity contribution in [1.82, 2.24) is 0 Å². The lowest BCUT2D eigenvalue weighted by molar-refractivity contribution is 0.101. The standard InChI is InChI=1S/C12H17NO3/c1-9(15)11-8-10(13)4-5-12(11)16-7-3-2-6-14/h4-5,8,14H,2-3,6-7,13H2,1H3. The van der Waals surface area contributed by atoms with Crippen LogP contribution in [0.15, 0.2) is 18.2 Å². The van der Waals surface area contributed by atoms with E-state index in [-0.39, 0.29) is 12.4 Å². The Hall–Kier alpha value is -1.55. The fourth-order valence-electron chi connectivity index (χ4n) is 1.34. The Balaban J connectivity index is 2.67. The van der Waals surface area contributed by atoms with Crippen LogP contribution < -0.4 is 10.5 Å². The van der Waals surface area contributed by atoms with Crippen LogP contribution in [0.3, 0.4) is 0 Å². The first kappa shape index (κ1) is 12.5. The van der Waals surface area contributed by atoms with Gasteiger partial charge in [-0.15, -0.1) is 0 Å². The van der Waals surface area contributed by atoms with Gasteiger partial charge >= 0.3 is 0 Å². The van der Waals surface area contributed by atoms with Gasteiger partial charge in [0.25, 0.3) is 0 Å². The molecule has 0 atom stereocenters. The number of nitrogen functional groups attached to an aromatic ring is 1. The molecule has 0 spiro atoms. The first-order valence-corrected chi connectivity index (χ1v) is 5.29. The highest BCUT2D eigenvalue weighted by molar-refractivity contribution is 5.97. The predicted octanol–water partition coefficient (Wildman–Crippen LogP) is 1.62. The van der Waals surface area contributed by atoms with Gasteiger partial charge in [0.1, 0.15) is 5.75 Å². The lowest BCUT2D eigenvalue weighted by Gasteiger charge is -2.10. The Bertz CT molecular complexity index is 363. The highest BCUT2D eigenvalue weighted by Gasteiger charge is 2.08. The van der Waals surface area contributed by atoms with Crippen molar-refractivity contribution in [2.24, 2.45) is 0 Å². The molecule has 0 heterocycles. The van der Waals surface area contributed by atoms with E-state index in [0.29, 0.717) is 30.0 Å². The molecule has 88 valence electrons. The average Bonchev–Trinajstić information content (AvgIpc) is 2.26. The van der Waals surface area contributed by atoms with Crippen LogP contribution in [0.25, 0.3) is 0 Å². The van der Waals surface area contributed by atoms with Gasteiger partial charge in [-0.1, -0.05) is 0 Å². The van der Waals surface area contributed by atoms with E-state index < -0.39 is 0 Å². The van der Waals surface area contributed by atoms with Crippen molar-refractivity contribution in [2.75, 3.05) is 18.9 Å². The number of carbonyl (C=O) groups excluding carboxylic acids is 1. The molecule has 0 saturated carbocycles. The monoisotopic (exact) mass is 223 g/mol. The van der Waals surface area contributed by atoms with Crippen molar-refractivity contribution in [2.45, 2.75) is 19.8 Å². The Morgan fingerprint density at radius 3 is 2.81 bits per heavy atom. The molecule has 0 saturated heterocycles. The second-order valence-electron chi connectivity index (χ2n) is 3.59. The fraction of sp³-hybridized carbons (Fsp3) is 0.417. The number of rotatable bonds is 6. The Morgan fingerprint density at radius 2 is 2.19 bits per heavy atom. The van der Waals surface area contributed by atoms with Gasteiger partial charge in [0, 0.05) is 12.3 Å². The number of ether oxygens (including phenoxy) is 1. The van der Waals surface area contributed by atoms with E-state index in [1.807, 2.05) is 0 Å². The number of benzene rings is 1. The number of ketones is 1. The lowest BCUT2D eigenvalue weighted by atomic mass is 10.1. The lowest BCUT2D eigenvalue weighted by Crippen LogP contribution is -2.04. The van der Waals surface area contributed by atoms with Crippen molar-refractivity contribution in [3.05, 3.63) is 23.8 Å². The summed E-state index contributed by atoms with van der Waals surface area (Å²) in [4.78, 5) is 11.3. The maximum absolute atomic E-state index is 11.3. The minimum atomic E-state index is -0.0653. The van der Waals surface area contributed by atoms with Crippen molar-refractivity contribution in [3.63, 3.8) is 0 Å². The first-order chi connectivity index (χ1) is 7.65. The molecule has 0 aromatic heterocycles. The maximum atomic E-state index is 11.3. The Morgan fingerprint density at radius 1 is 1.44 bits per heavy atom. The van der Waals surface area contributed by atoms with Crippen LogP contribution in [0.1, 0.15) is 30.1 Å². The third kappa shape index (κ3) is 3.55. The second-order valence-corrected chi connectivity index (χ2v) is 3.59. The summed E-state index contributed by atoms with van der Waals surface area (Å²) in [5, 5.41) is 8.62. The quantitative estimate of drug-likeness (QED) is 0.436. The van der Waals surface area contributed by atoms with E-state index in [9.17, 15) is 4.79 Å². The number of anilines is 1. The zero-order valence-electron chi connectivity index (χ0n) is 9.40. The summed E-state index contributed by atoms with van der Waals surface area (Å²) in [6.07, 6.45) is 1.46. The number of aliphatic hydroxyl groups excluding tert-OH is 1. The van der Waals surface area contributed by atoms with E-state index in [1.165, 1.54) is 6.92 Å². The number of carbonyl (C=O) groups is 1. The summed E-state index contributed by atoms with van der Waals surface area (Å²) in [6, 6.07) is 5.02. The minimum Gasteiger partial charge on any atom is -0.493 e. The van der Waals surface area contributed by atoms with E-state index >= 15 is 0 Å². The highest BCUT2D eigenvalue weighted by Crippen LogP contribution is 2.22. The third-order valence-corrected chi connectivity index (χ3v) is 2.19. The van der Waals surface area contributed by atoms with Crippen LogP contribution in [0.2, 0.25) is 0 Å². The molecule has 0 radical (unpaired) electrons. The number of aliphatic hydroxyl groups is 1. The van der Waals surface area contributed by atoms with Gasteiger partial charge in [-0.3, -0.25) is 4.79 Å². The molecule has 4 nitrogen and oxygen atoms in total. The van der Waals surface area contributed by atoms with Crippen LogP contribution >= 0.6 is 0 Å². The van der Waals surface area contributed by atoms with Crippen molar-refractivity contribution < 1.29 is 14.6 Å². The normalized spacial score (nSPS) is 10.1. The van der Waals surface area contributed by atoms with Gasteiger partial charge in [-0.2, -0.15) is 0 Å². The summed E-state index contributed by atoms with van der Waals surface area (Å²) < 4.78 is 5.47. The van der Waals surface area contributed by atoms with Crippen LogP contribution in [0, 0.1) is 0 Å². The van der Waals surface area contributed by atoms with E-state index in [0.717, 1.165) is 6.42 Å². The number of unbranched alkanes of at least 4 members (excludes halogenated alkanes) is 1. The maximum Gasteiger partial charge on any atom is 0.163 e. The summed E-state index contributed by atoms with van der Waals surface area (Å²) in [6.45, 7) is 2.13. The van der Waals surface area contributed by atoms with E-state index in [4.69, 9.17) is 15.6 Å². The zero-order valence-corrected chi connectivity index (χ0v) is 9.40. The molecule has 0 aliphatic heterocycles. The molecule has 0 aliphatic rings. The largest absolute Gasteiger partial charge is 0.493 e. The van der Waals surface area contributed by atoms with Crippen LogP contribution in [0.5, 0.6) is 5.75 Å². The third-order valence-electron chi connectivity index (χ3n) is 2.19. The molecule has 0 unspecified atom stereocenters. The minimum absolute atomic E-state index is 0.0653. The molecule has 1 rings (SSSR count). The summed E-state index contributed by atoms with van der Waals surface area (Å²) in [7, 11) is 0. The second kappa shape index (κ2) is 6.12. The summed E-state index contributed by atoms with van der Waals surface area (Å²) in [5.41, 5.74) is 6.65. The van der Waals surface area contributed by atoms with Gasteiger partial charge < -0.3 is 15.6 Å². The topological polar surface area (TPSA) is 72.6 Å². The Labute approximate surface area is 95.0 Å². The fourth-order valence-corrected chi connectivity index (χ4v) is 1.34. The summed E-state index contributed by atoms with van der Waals surface area (Å²) >= 11 is 0. The predicted molar refractivity (Wildman–Crippen MR) is 62.7 cm³/mol. The molecule has 0 fully saturated rings. The molecule has 0 bridgehead atoms. The van der Waals surface area contributed by atoms with Crippen molar-refractivity contribution in [1.29, 1.82) is 0 Å². The van der Waals surface area contributed by atoms with Crippen LogP contribution in [-0.2, 0) is 0 Å². The smallest absolute Gasteiger partial charge is 0.163 e. The summed E-state index contributed by atoms with van der Waals surface area (Å²) in [5.74, 6) is 0.490. The number of nitrogens with two attached hydrogens (primary N) is 1. The molecule has 4 heteroatoms. The van der Waals surface area contributed by atoms with Gasteiger partial charge in [0.15, 0.2) is 5.78 Å². The SMILES string of the molecule is CC(=O)c1cc(N)ccc1OCCCCO. The highest BCUT2D eigenvalue weighted by atomic mass is 16.5. The molecule has 0 amide bonds. The number of hydrogen-bond acceptors (Lipinski definition) is 4. The molecular weight excluding hydrogens is 206 g/mol. The molecule has 3 N–H and O–H groups in total. The zero-order chi connectivity index (χ0) is 12.0. The van der Waals surface area contributed by atoms with Crippen LogP contribution in [-0.4, -0.2) is 24.1 Å². The van der Waals surface area contributed by atoms with Gasteiger partial charge in [-0.25, -0.2) is 0 Å². The van der Waals surface area contributed by atoms with Gasteiger partial charge in [0.05, 0.1) is 12.2 Å². The van der Waals surface area contributed by atoms with Crippen molar-refractivity contribution in [3.8, 4) is 5.75 Å². The van der Waals surface area contributed by atoms with Crippen LogP contribution in [0.4, 0.5) is 5.69 Å². The number of hydrogen-bond donors (Lipinski definition) is 2. The molecular formula is C12H17NO3. The number of Topliss-reactive ketones (excluding diaryl/α,β-unsaturated/α-hetero) is 1. The van der Waals surface area contributed by atoms with Gasteiger partial charge in [0.2, 0.25) is 0 Å². The Kier molecular flexibility index (Phi) is 4.79. The molecule has 1 aromatic carbocycles. The first-order valence-electron chi connectivity index (χ1n) is 5.29. The molecule has 0 aliphatic carbocycles. The van der Waals surface area contributed by atoms with Crippen molar-refractivity contribution >= 4 is 11.5 Å². The van der Waals surface area contributed by atoms with E-state index in [1.54, 1.807) is 18.2 Å². The molecule has 1 aromatic rings. The molecule has 16 heavy (non-hydrogen) atoms. The average molecular weight is 223 g/mol.